The van der Waals surface area contributed by atoms with Gasteiger partial charge in [0.1, 0.15) is 10.7 Å². The number of carbonyl (C=O) groups is 1. The summed E-state index contributed by atoms with van der Waals surface area (Å²) < 4.78 is 40.5. The van der Waals surface area contributed by atoms with Crippen molar-refractivity contribution in [1.82, 2.24) is 4.31 Å². The Bertz CT molecular complexity index is 931. The molecule has 0 saturated carbocycles. The zero-order chi connectivity index (χ0) is 19.6. The Hall–Kier alpha value is -2.25. The highest BCUT2D eigenvalue weighted by Gasteiger charge is 2.33. The molecule has 0 spiro atoms. The van der Waals surface area contributed by atoms with Crippen LogP contribution in [0.3, 0.4) is 0 Å². The molecule has 0 radical (unpaired) electrons. The van der Waals surface area contributed by atoms with Gasteiger partial charge in [0.05, 0.1) is 0 Å². The van der Waals surface area contributed by atoms with Gasteiger partial charge in [-0.05, 0) is 49.9 Å². The summed E-state index contributed by atoms with van der Waals surface area (Å²) >= 11 is 0. The number of aryl methyl sites for hydroxylation is 2. The first-order valence-corrected chi connectivity index (χ1v) is 10.4. The van der Waals surface area contributed by atoms with E-state index in [1.54, 1.807) is 0 Å². The Balaban J connectivity index is 1.67. The summed E-state index contributed by atoms with van der Waals surface area (Å²) in [5.74, 6) is -1.13. The maximum absolute atomic E-state index is 13.9. The van der Waals surface area contributed by atoms with Gasteiger partial charge in [0, 0.05) is 24.7 Å². The van der Waals surface area contributed by atoms with E-state index in [-0.39, 0.29) is 29.8 Å². The molecule has 7 heteroatoms. The van der Waals surface area contributed by atoms with Crippen molar-refractivity contribution in [2.24, 2.45) is 5.92 Å². The van der Waals surface area contributed by atoms with Crippen LogP contribution in [0.2, 0.25) is 0 Å². The summed E-state index contributed by atoms with van der Waals surface area (Å²) in [6.45, 7) is 4.27. The summed E-state index contributed by atoms with van der Waals surface area (Å²) in [7, 11) is -3.89. The number of halogens is 1. The fourth-order valence-corrected chi connectivity index (χ4v) is 4.92. The van der Waals surface area contributed by atoms with Gasteiger partial charge in [0.2, 0.25) is 15.9 Å². The zero-order valence-corrected chi connectivity index (χ0v) is 16.2. The van der Waals surface area contributed by atoms with E-state index in [9.17, 15) is 17.6 Å². The molecule has 2 aromatic rings. The van der Waals surface area contributed by atoms with E-state index in [0.29, 0.717) is 12.8 Å². The summed E-state index contributed by atoms with van der Waals surface area (Å²) in [5.41, 5.74) is 2.79. The van der Waals surface area contributed by atoms with E-state index >= 15 is 0 Å². The number of hydrogen-bond acceptors (Lipinski definition) is 3. The maximum atomic E-state index is 13.9. The molecule has 1 aliphatic heterocycles. The number of nitrogens with one attached hydrogen (secondary N) is 1. The molecule has 27 heavy (non-hydrogen) atoms. The summed E-state index contributed by atoms with van der Waals surface area (Å²) in [6, 6.07) is 11.2. The Kier molecular flexibility index (Phi) is 5.62. The molecule has 144 valence electrons. The lowest BCUT2D eigenvalue weighted by molar-refractivity contribution is -0.120. The SMILES string of the molecule is Cc1cccc(C)c1NC(=O)C1CCN(S(=O)(=O)c2ccccc2F)CC1. The van der Waals surface area contributed by atoms with Crippen molar-refractivity contribution in [2.75, 3.05) is 18.4 Å². The summed E-state index contributed by atoms with van der Waals surface area (Å²) in [4.78, 5) is 12.3. The van der Waals surface area contributed by atoms with Gasteiger partial charge in [-0.1, -0.05) is 30.3 Å². The number of nitrogens with zero attached hydrogens (tertiary/aromatic N) is 1. The Morgan fingerprint density at radius 3 is 2.22 bits per heavy atom. The lowest BCUT2D eigenvalue weighted by Gasteiger charge is -2.30. The van der Waals surface area contributed by atoms with Gasteiger partial charge in [-0.2, -0.15) is 4.31 Å². The van der Waals surface area contributed by atoms with Crippen molar-refractivity contribution >= 4 is 21.6 Å². The quantitative estimate of drug-likeness (QED) is 0.869. The number of para-hydroxylation sites is 1. The van der Waals surface area contributed by atoms with E-state index in [1.807, 2.05) is 32.0 Å². The Morgan fingerprint density at radius 1 is 1.04 bits per heavy atom. The highest BCUT2D eigenvalue weighted by Crippen LogP contribution is 2.27. The highest BCUT2D eigenvalue weighted by molar-refractivity contribution is 7.89. The van der Waals surface area contributed by atoms with Crippen LogP contribution in [-0.4, -0.2) is 31.7 Å². The van der Waals surface area contributed by atoms with Gasteiger partial charge < -0.3 is 5.32 Å². The van der Waals surface area contributed by atoms with Crippen LogP contribution < -0.4 is 5.32 Å². The van der Waals surface area contributed by atoms with Gasteiger partial charge >= 0.3 is 0 Å². The average molecular weight is 390 g/mol. The number of hydrogen-bond donors (Lipinski definition) is 1. The van der Waals surface area contributed by atoms with Gasteiger partial charge in [0.15, 0.2) is 0 Å². The van der Waals surface area contributed by atoms with Crippen molar-refractivity contribution in [2.45, 2.75) is 31.6 Å². The second-order valence-corrected chi connectivity index (χ2v) is 8.77. The minimum absolute atomic E-state index is 0.102. The van der Waals surface area contributed by atoms with E-state index in [4.69, 9.17) is 0 Å². The monoisotopic (exact) mass is 390 g/mol. The largest absolute Gasteiger partial charge is 0.325 e. The summed E-state index contributed by atoms with van der Waals surface area (Å²) in [6.07, 6.45) is 0.814. The van der Waals surface area contributed by atoms with Gasteiger partial charge in [-0.15, -0.1) is 0 Å². The number of benzene rings is 2. The Morgan fingerprint density at radius 2 is 1.63 bits per heavy atom. The molecule has 0 bridgehead atoms. The molecule has 0 atom stereocenters. The van der Waals surface area contributed by atoms with Crippen LogP contribution in [0.1, 0.15) is 24.0 Å². The lowest BCUT2D eigenvalue weighted by atomic mass is 9.96. The third-order valence-corrected chi connectivity index (χ3v) is 6.94. The first-order valence-electron chi connectivity index (χ1n) is 8.92. The first kappa shape index (κ1) is 19.5. The van der Waals surface area contributed by atoms with E-state index in [1.165, 1.54) is 22.5 Å². The number of rotatable bonds is 4. The van der Waals surface area contributed by atoms with Gasteiger partial charge in [-0.3, -0.25) is 4.79 Å². The molecule has 1 heterocycles. The predicted octanol–water partition coefficient (Wildman–Crippen LogP) is 3.48. The number of piperidine rings is 1. The molecule has 1 aliphatic rings. The van der Waals surface area contributed by atoms with Crippen LogP contribution >= 0.6 is 0 Å². The first-order chi connectivity index (χ1) is 12.8. The number of carbonyl (C=O) groups excluding carboxylic acids is 1. The predicted molar refractivity (Wildman–Crippen MR) is 102 cm³/mol. The maximum Gasteiger partial charge on any atom is 0.245 e. The van der Waals surface area contributed by atoms with Crippen LogP contribution in [0.25, 0.3) is 0 Å². The molecular weight excluding hydrogens is 367 g/mol. The van der Waals surface area contributed by atoms with Crippen molar-refractivity contribution in [3.8, 4) is 0 Å². The van der Waals surface area contributed by atoms with Gasteiger partial charge in [0.25, 0.3) is 0 Å². The number of anilines is 1. The number of sulfonamides is 1. The average Bonchev–Trinajstić information content (AvgIpc) is 2.65. The zero-order valence-electron chi connectivity index (χ0n) is 15.4. The van der Waals surface area contributed by atoms with Gasteiger partial charge in [-0.25, -0.2) is 12.8 Å². The Labute approximate surface area is 159 Å². The number of amides is 1. The van der Waals surface area contributed by atoms with Crippen molar-refractivity contribution in [1.29, 1.82) is 0 Å². The molecule has 0 aliphatic carbocycles. The third-order valence-electron chi connectivity index (χ3n) is 5.01. The normalized spacial score (nSPS) is 16.3. The molecule has 2 aromatic carbocycles. The lowest BCUT2D eigenvalue weighted by Crippen LogP contribution is -2.41. The molecule has 3 rings (SSSR count). The molecular formula is C20H23FN2O3S. The smallest absolute Gasteiger partial charge is 0.245 e. The van der Waals surface area contributed by atoms with E-state index < -0.39 is 15.8 Å². The van der Waals surface area contributed by atoms with E-state index in [2.05, 4.69) is 5.32 Å². The molecule has 1 fully saturated rings. The fourth-order valence-electron chi connectivity index (χ4n) is 3.39. The van der Waals surface area contributed by atoms with Crippen LogP contribution in [-0.2, 0) is 14.8 Å². The van der Waals surface area contributed by atoms with Crippen LogP contribution in [0.4, 0.5) is 10.1 Å². The van der Waals surface area contributed by atoms with Crippen LogP contribution in [0, 0.1) is 25.6 Å². The van der Waals surface area contributed by atoms with E-state index in [0.717, 1.165) is 22.9 Å². The van der Waals surface area contributed by atoms with Crippen molar-refractivity contribution in [3.05, 3.63) is 59.4 Å². The van der Waals surface area contributed by atoms with Crippen molar-refractivity contribution in [3.63, 3.8) is 0 Å². The molecule has 1 amide bonds. The van der Waals surface area contributed by atoms with Crippen LogP contribution in [0.5, 0.6) is 0 Å². The summed E-state index contributed by atoms with van der Waals surface area (Å²) in [5, 5.41) is 2.98. The third kappa shape index (κ3) is 4.04. The second-order valence-electron chi connectivity index (χ2n) is 6.86. The minimum atomic E-state index is -3.89. The highest BCUT2D eigenvalue weighted by atomic mass is 32.2. The molecule has 0 aromatic heterocycles. The molecule has 1 saturated heterocycles. The minimum Gasteiger partial charge on any atom is -0.325 e. The van der Waals surface area contributed by atoms with Crippen LogP contribution in [0.15, 0.2) is 47.4 Å². The van der Waals surface area contributed by atoms with Crippen molar-refractivity contribution < 1.29 is 17.6 Å². The molecule has 1 N–H and O–H groups in total. The second kappa shape index (κ2) is 7.78. The molecule has 5 nitrogen and oxygen atoms in total. The topological polar surface area (TPSA) is 66.5 Å². The fraction of sp³-hybridized carbons (Fsp3) is 0.350. The standard InChI is InChI=1S/C20H23FN2O3S/c1-14-6-5-7-15(2)19(14)22-20(24)16-10-12-23(13-11-16)27(25,26)18-9-4-3-8-17(18)21/h3-9,16H,10-13H2,1-2H3,(H,22,24). The molecule has 0 unspecified atom stereocenters.